The van der Waals surface area contributed by atoms with Gasteiger partial charge in [-0.15, -0.1) is 0 Å². The van der Waals surface area contributed by atoms with Crippen LogP contribution in [0, 0.1) is 11.6 Å². The van der Waals surface area contributed by atoms with Crippen molar-refractivity contribution in [2.45, 2.75) is 25.3 Å². The van der Waals surface area contributed by atoms with Gasteiger partial charge in [-0.2, -0.15) is 0 Å². The lowest BCUT2D eigenvalue weighted by molar-refractivity contribution is -0.118. The van der Waals surface area contributed by atoms with Crippen LogP contribution in [0.3, 0.4) is 0 Å². The summed E-state index contributed by atoms with van der Waals surface area (Å²) in [6.07, 6.45) is 2.71. The minimum Gasteiger partial charge on any atom is -0.322 e. The van der Waals surface area contributed by atoms with E-state index in [0.29, 0.717) is 6.42 Å². The Hall–Kier alpha value is -1.01. The Morgan fingerprint density at radius 2 is 2.11 bits per heavy atom. The maximum absolute atomic E-state index is 13.5. The van der Waals surface area contributed by atoms with Crippen molar-refractivity contribution in [2.24, 2.45) is 0 Å². The molecule has 18 heavy (non-hydrogen) atoms. The van der Waals surface area contributed by atoms with Crippen molar-refractivity contribution in [1.82, 2.24) is 5.32 Å². The molecule has 2 N–H and O–H groups in total. The third-order valence-electron chi connectivity index (χ3n) is 2.89. The number of amides is 1. The van der Waals surface area contributed by atoms with Gasteiger partial charge >= 0.3 is 0 Å². The fraction of sp³-hybridized carbons (Fsp3) is 0.417. The molecule has 1 aliphatic heterocycles. The van der Waals surface area contributed by atoms with Gasteiger partial charge in [0.1, 0.15) is 11.6 Å². The van der Waals surface area contributed by atoms with E-state index in [9.17, 15) is 13.6 Å². The van der Waals surface area contributed by atoms with Gasteiger partial charge < -0.3 is 10.6 Å². The molecular weight excluding hydrogens is 306 g/mol. The van der Waals surface area contributed by atoms with E-state index in [1.165, 1.54) is 0 Å². The molecule has 1 amide bonds. The first-order chi connectivity index (χ1) is 8.58. The van der Waals surface area contributed by atoms with Gasteiger partial charge in [-0.05, 0) is 41.4 Å². The first kappa shape index (κ1) is 13.4. The van der Waals surface area contributed by atoms with Crippen molar-refractivity contribution in [3.8, 4) is 0 Å². The standard InChI is InChI=1S/C12H13BrF2N2O/c13-7-5-9(15)11(6-8(7)14)17-12(18)10-3-1-2-4-16-10/h5-6,10,16H,1-4H2,(H,17,18)/t10-/m1/s1. The molecule has 2 rings (SSSR count). The van der Waals surface area contributed by atoms with Crippen LogP contribution < -0.4 is 10.6 Å². The maximum Gasteiger partial charge on any atom is 0.241 e. The molecule has 0 aromatic heterocycles. The minimum atomic E-state index is -0.660. The number of carbonyl (C=O) groups excluding carboxylic acids is 1. The fourth-order valence-electron chi connectivity index (χ4n) is 1.91. The number of benzene rings is 1. The van der Waals surface area contributed by atoms with Crippen molar-refractivity contribution in [1.29, 1.82) is 0 Å². The van der Waals surface area contributed by atoms with Gasteiger partial charge in [-0.1, -0.05) is 6.42 Å². The summed E-state index contributed by atoms with van der Waals surface area (Å²) < 4.78 is 26.8. The van der Waals surface area contributed by atoms with E-state index in [1.54, 1.807) is 0 Å². The number of nitrogens with one attached hydrogen (secondary N) is 2. The zero-order chi connectivity index (χ0) is 13.1. The summed E-state index contributed by atoms with van der Waals surface area (Å²) in [6, 6.07) is 1.64. The van der Waals surface area contributed by atoms with E-state index in [0.717, 1.165) is 31.5 Å². The van der Waals surface area contributed by atoms with Crippen LogP contribution in [0.4, 0.5) is 14.5 Å². The topological polar surface area (TPSA) is 41.1 Å². The van der Waals surface area contributed by atoms with E-state index in [2.05, 4.69) is 26.6 Å². The number of hydrogen-bond acceptors (Lipinski definition) is 2. The second-order valence-electron chi connectivity index (χ2n) is 4.24. The summed E-state index contributed by atoms with van der Waals surface area (Å²) >= 11 is 2.88. The SMILES string of the molecule is O=C(Nc1cc(F)c(Br)cc1F)[C@H]1CCCCN1. The minimum absolute atomic E-state index is 0.0359. The molecule has 1 fully saturated rings. The lowest BCUT2D eigenvalue weighted by Crippen LogP contribution is -2.43. The summed E-state index contributed by atoms with van der Waals surface area (Å²) in [6.45, 7) is 0.773. The molecule has 98 valence electrons. The van der Waals surface area contributed by atoms with Crippen LogP contribution in [0.15, 0.2) is 16.6 Å². The molecule has 1 atom stereocenters. The Labute approximate surface area is 112 Å². The number of anilines is 1. The Morgan fingerprint density at radius 1 is 1.33 bits per heavy atom. The van der Waals surface area contributed by atoms with Gasteiger partial charge in [0, 0.05) is 6.07 Å². The van der Waals surface area contributed by atoms with Crippen molar-refractivity contribution >= 4 is 27.5 Å². The summed E-state index contributed by atoms with van der Waals surface area (Å²) in [5.74, 6) is -1.59. The van der Waals surface area contributed by atoms with Gasteiger partial charge in [0.15, 0.2) is 0 Å². The third-order valence-corrected chi connectivity index (χ3v) is 3.50. The molecule has 3 nitrogen and oxygen atoms in total. The highest BCUT2D eigenvalue weighted by Gasteiger charge is 2.21. The van der Waals surface area contributed by atoms with E-state index < -0.39 is 11.6 Å². The van der Waals surface area contributed by atoms with Gasteiger partial charge in [-0.25, -0.2) is 8.78 Å². The van der Waals surface area contributed by atoms with E-state index in [1.807, 2.05) is 0 Å². The smallest absolute Gasteiger partial charge is 0.241 e. The Bertz CT molecular complexity index is 462. The fourth-order valence-corrected chi connectivity index (χ4v) is 2.23. The second kappa shape index (κ2) is 5.75. The van der Waals surface area contributed by atoms with Crippen LogP contribution in [0.1, 0.15) is 19.3 Å². The molecule has 1 heterocycles. The molecule has 1 aromatic carbocycles. The van der Waals surface area contributed by atoms with Crippen LogP contribution in [0.25, 0.3) is 0 Å². The monoisotopic (exact) mass is 318 g/mol. The van der Waals surface area contributed by atoms with Crippen LogP contribution in [0.2, 0.25) is 0 Å². The number of rotatable bonds is 2. The molecule has 1 aliphatic rings. The Morgan fingerprint density at radius 3 is 2.78 bits per heavy atom. The normalized spacial score (nSPS) is 19.6. The molecule has 0 saturated carbocycles. The second-order valence-corrected chi connectivity index (χ2v) is 5.09. The summed E-state index contributed by atoms with van der Waals surface area (Å²) in [5.41, 5.74) is -0.131. The van der Waals surface area contributed by atoms with Gasteiger partial charge in [0.2, 0.25) is 5.91 Å². The first-order valence-electron chi connectivity index (χ1n) is 5.76. The first-order valence-corrected chi connectivity index (χ1v) is 6.56. The van der Waals surface area contributed by atoms with Crippen LogP contribution >= 0.6 is 15.9 Å². The molecule has 1 saturated heterocycles. The van der Waals surface area contributed by atoms with Crippen molar-refractivity contribution in [2.75, 3.05) is 11.9 Å². The van der Waals surface area contributed by atoms with E-state index in [4.69, 9.17) is 0 Å². The zero-order valence-electron chi connectivity index (χ0n) is 9.60. The number of hydrogen-bond donors (Lipinski definition) is 2. The largest absolute Gasteiger partial charge is 0.322 e. The van der Waals surface area contributed by atoms with Crippen LogP contribution in [-0.2, 0) is 4.79 Å². The molecule has 0 aliphatic carbocycles. The number of carbonyl (C=O) groups is 1. The van der Waals surface area contributed by atoms with E-state index in [-0.39, 0.29) is 22.1 Å². The highest BCUT2D eigenvalue weighted by molar-refractivity contribution is 9.10. The lowest BCUT2D eigenvalue weighted by Gasteiger charge is -2.22. The van der Waals surface area contributed by atoms with Gasteiger partial charge in [0.25, 0.3) is 0 Å². The zero-order valence-corrected chi connectivity index (χ0v) is 11.2. The lowest BCUT2D eigenvalue weighted by atomic mass is 10.0. The number of halogens is 3. The Kier molecular flexibility index (Phi) is 4.29. The molecule has 6 heteroatoms. The van der Waals surface area contributed by atoms with E-state index >= 15 is 0 Å². The maximum atomic E-state index is 13.5. The predicted octanol–water partition coefficient (Wildman–Crippen LogP) is 2.81. The summed E-state index contributed by atoms with van der Waals surface area (Å²) in [7, 11) is 0. The van der Waals surface area contributed by atoms with Crippen LogP contribution in [0.5, 0.6) is 0 Å². The summed E-state index contributed by atoms with van der Waals surface area (Å²) in [4.78, 5) is 11.8. The quantitative estimate of drug-likeness (QED) is 0.823. The van der Waals surface area contributed by atoms with Gasteiger partial charge in [0.05, 0.1) is 16.2 Å². The molecule has 0 spiro atoms. The highest BCUT2D eigenvalue weighted by Crippen LogP contribution is 2.23. The molecular formula is C12H13BrF2N2O. The third kappa shape index (κ3) is 3.05. The molecule has 0 bridgehead atoms. The molecule has 0 radical (unpaired) electrons. The highest BCUT2D eigenvalue weighted by atomic mass is 79.9. The average molecular weight is 319 g/mol. The predicted molar refractivity (Wildman–Crippen MR) is 68.3 cm³/mol. The van der Waals surface area contributed by atoms with Crippen molar-refractivity contribution in [3.63, 3.8) is 0 Å². The Balaban J connectivity index is 2.08. The molecule has 1 aromatic rings. The van der Waals surface area contributed by atoms with Crippen molar-refractivity contribution < 1.29 is 13.6 Å². The van der Waals surface area contributed by atoms with Crippen LogP contribution in [-0.4, -0.2) is 18.5 Å². The van der Waals surface area contributed by atoms with Crippen molar-refractivity contribution in [3.05, 3.63) is 28.2 Å². The number of piperidine rings is 1. The van der Waals surface area contributed by atoms with Gasteiger partial charge in [-0.3, -0.25) is 4.79 Å². The summed E-state index contributed by atoms with van der Waals surface area (Å²) in [5, 5.41) is 5.46. The average Bonchev–Trinajstić information content (AvgIpc) is 2.37. The molecule has 0 unspecified atom stereocenters.